The second kappa shape index (κ2) is 10.5. The third-order valence-electron chi connectivity index (χ3n) is 2.58. The summed E-state index contributed by atoms with van der Waals surface area (Å²) in [5.74, 6) is -2.18. The Bertz CT molecular complexity index is 340. The molecule has 0 rings (SSSR count). The number of hydrogen-bond donors (Lipinski definition) is 6. The second-order valence-electron chi connectivity index (χ2n) is 4.19. The van der Waals surface area contributed by atoms with Gasteiger partial charge < -0.3 is 27.2 Å². The number of amides is 2. The molecule has 9 heteroatoms. The number of carbonyl (C=O) groups excluding carboxylic acids is 2. The predicted octanol–water partition coefficient (Wildman–Crippen LogP) is -1.94. The number of carboxylic acid groups (broad SMARTS) is 1. The van der Waals surface area contributed by atoms with Crippen LogP contribution in [0.5, 0.6) is 0 Å². The molecule has 7 N–H and O–H groups in total. The van der Waals surface area contributed by atoms with Crippen LogP contribution in [0.2, 0.25) is 0 Å². The monoisotopic (exact) mass is 306 g/mol. The quantitative estimate of drug-likeness (QED) is 0.204. The van der Waals surface area contributed by atoms with Gasteiger partial charge in [0, 0.05) is 5.75 Å². The van der Waals surface area contributed by atoms with E-state index in [1.54, 1.807) is 0 Å². The Morgan fingerprint density at radius 3 is 2.20 bits per heavy atom. The highest BCUT2D eigenvalue weighted by Gasteiger charge is 2.25. The van der Waals surface area contributed by atoms with Gasteiger partial charge >= 0.3 is 5.97 Å². The van der Waals surface area contributed by atoms with E-state index in [0.717, 1.165) is 0 Å². The van der Waals surface area contributed by atoms with E-state index in [1.807, 2.05) is 0 Å². The summed E-state index contributed by atoms with van der Waals surface area (Å²) < 4.78 is 0. The minimum atomic E-state index is -1.13. The molecule has 0 radical (unpaired) electrons. The maximum Gasteiger partial charge on any atom is 0.326 e. The Balaban J connectivity index is 4.47. The van der Waals surface area contributed by atoms with E-state index < -0.39 is 29.9 Å². The summed E-state index contributed by atoms with van der Waals surface area (Å²) in [7, 11) is 0. The van der Waals surface area contributed by atoms with Gasteiger partial charge in [-0.3, -0.25) is 9.59 Å². The smallest absolute Gasteiger partial charge is 0.326 e. The molecule has 0 aliphatic rings. The molecule has 0 bridgehead atoms. The Labute approximate surface area is 123 Å². The van der Waals surface area contributed by atoms with Crippen LogP contribution in [0.15, 0.2) is 0 Å². The molecular formula is C11H22N4O4S. The molecule has 0 aromatic rings. The lowest BCUT2D eigenvalue weighted by Crippen LogP contribution is -2.53. The number of thiol groups is 1. The largest absolute Gasteiger partial charge is 0.480 e. The summed E-state index contributed by atoms with van der Waals surface area (Å²) in [6.45, 7) is 0.211. The van der Waals surface area contributed by atoms with Crippen molar-refractivity contribution in [2.75, 3.05) is 18.8 Å². The van der Waals surface area contributed by atoms with Crippen molar-refractivity contribution in [1.82, 2.24) is 10.6 Å². The minimum absolute atomic E-state index is 0.0483. The van der Waals surface area contributed by atoms with Gasteiger partial charge in [0.05, 0.1) is 6.54 Å². The van der Waals surface area contributed by atoms with E-state index in [9.17, 15) is 14.4 Å². The zero-order chi connectivity index (χ0) is 15.5. The summed E-state index contributed by atoms with van der Waals surface area (Å²) in [4.78, 5) is 34.1. The standard InChI is InChI=1S/C11H22N4O4S/c12-4-2-1-3-7(11(18)19)15-10(17)8(6-20)14-9(16)5-13/h7-8,20H,1-6,12-13H2,(H,14,16)(H,15,17)(H,18,19)/t7-,8-/m0/s1. The van der Waals surface area contributed by atoms with Gasteiger partial charge in [0.15, 0.2) is 0 Å². The first-order valence-corrected chi connectivity index (χ1v) is 6.93. The predicted molar refractivity (Wildman–Crippen MR) is 77.3 cm³/mol. The fourth-order valence-electron chi connectivity index (χ4n) is 1.47. The lowest BCUT2D eigenvalue weighted by atomic mass is 10.1. The highest BCUT2D eigenvalue weighted by Crippen LogP contribution is 2.02. The third kappa shape index (κ3) is 7.31. The molecule has 0 heterocycles. The molecule has 2 amide bonds. The van der Waals surface area contributed by atoms with Gasteiger partial charge in [-0.05, 0) is 25.8 Å². The SMILES string of the molecule is NCCCC[C@H](NC(=O)[C@H](CS)NC(=O)CN)C(=O)O. The van der Waals surface area contributed by atoms with E-state index in [4.69, 9.17) is 16.6 Å². The highest BCUT2D eigenvalue weighted by molar-refractivity contribution is 7.80. The van der Waals surface area contributed by atoms with Crippen molar-refractivity contribution in [3.05, 3.63) is 0 Å². The van der Waals surface area contributed by atoms with Crippen LogP contribution in [-0.4, -0.2) is 53.8 Å². The topological polar surface area (TPSA) is 148 Å². The zero-order valence-corrected chi connectivity index (χ0v) is 12.1. The molecule has 0 spiro atoms. The van der Waals surface area contributed by atoms with Gasteiger partial charge in [-0.25, -0.2) is 4.79 Å². The molecule has 0 aromatic heterocycles. The van der Waals surface area contributed by atoms with Gasteiger partial charge in [0.25, 0.3) is 0 Å². The van der Waals surface area contributed by atoms with Gasteiger partial charge in [-0.1, -0.05) is 0 Å². The molecule has 0 aliphatic carbocycles. The molecule has 0 fully saturated rings. The summed E-state index contributed by atoms with van der Waals surface area (Å²) in [6, 6.07) is -1.92. The summed E-state index contributed by atoms with van der Waals surface area (Å²) in [5.41, 5.74) is 10.5. The Morgan fingerprint density at radius 2 is 1.75 bits per heavy atom. The number of aliphatic carboxylic acids is 1. The lowest BCUT2D eigenvalue weighted by molar-refractivity contribution is -0.142. The van der Waals surface area contributed by atoms with Gasteiger partial charge in [0.1, 0.15) is 12.1 Å². The Kier molecular flexibility index (Phi) is 9.77. The van der Waals surface area contributed by atoms with Crippen LogP contribution in [0.4, 0.5) is 0 Å². The fourth-order valence-corrected chi connectivity index (χ4v) is 1.73. The van der Waals surface area contributed by atoms with Crippen molar-refractivity contribution < 1.29 is 19.5 Å². The van der Waals surface area contributed by atoms with Crippen molar-refractivity contribution in [1.29, 1.82) is 0 Å². The number of nitrogens with two attached hydrogens (primary N) is 2. The number of unbranched alkanes of at least 4 members (excludes halogenated alkanes) is 1. The van der Waals surface area contributed by atoms with Crippen LogP contribution >= 0.6 is 12.6 Å². The van der Waals surface area contributed by atoms with Crippen LogP contribution < -0.4 is 22.1 Å². The van der Waals surface area contributed by atoms with Crippen molar-refractivity contribution >= 4 is 30.4 Å². The molecular weight excluding hydrogens is 284 g/mol. The zero-order valence-electron chi connectivity index (χ0n) is 11.2. The van der Waals surface area contributed by atoms with Gasteiger partial charge in [-0.15, -0.1) is 0 Å². The normalized spacial score (nSPS) is 13.3. The molecule has 0 saturated carbocycles. The van der Waals surface area contributed by atoms with Crippen molar-refractivity contribution in [2.45, 2.75) is 31.3 Å². The molecule has 116 valence electrons. The third-order valence-corrected chi connectivity index (χ3v) is 2.95. The first kappa shape index (κ1) is 18.7. The van der Waals surface area contributed by atoms with E-state index in [1.165, 1.54) is 0 Å². The number of hydrogen-bond acceptors (Lipinski definition) is 6. The maximum absolute atomic E-state index is 11.9. The van der Waals surface area contributed by atoms with Gasteiger partial charge in [-0.2, -0.15) is 12.6 Å². The molecule has 0 saturated heterocycles. The summed E-state index contributed by atoms with van der Waals surface area (Å²) in [6.07, 6.45) is 1.55. The molecule has 0 aromatic carbocycles. The minimum Gasteiger partial charge on any atom is -0.480 e. The molecule has 20 heavy (non-hydrogen) atoms. The number of carbonyl (C=O) groups is 3. The number of rotatable bonds is 10. The van der Waals surface area contributed by atoms with Crippen LogP contribution in [0.3, 0.4) is 0 Å². The van der Waals surface area contributed by atoms with E-state index in [-0.39, 0.29) is 18.7 Å². The average Bonchev–Trinajstić information content (AvgIpc) is 2.42. The fraction of sp³-hybridized carbons (Fsp3) is 0.727. The van der Waals surface area contributed by atoms with E-state index >= 15 is 0 Å². The van der Waals surface area contributed by atoms with E-state index in [2.05, 4.69) is 23.3 Å². The van der Waals surface area contributed by atoms with Gasteiger partial charge in [0.2, 0.25) is 11.8 Å². The lowest BCUT2D eigenvalue weighted by Gasteiger charge is -2.20. The Hall–Kier alpha value is -1.32. The average molecular weight is 306 g/mol. The van der Waals surface area contributed by atoms with Crippen molar-refractivity contribution in [3.63, 3.8) is 0 Å². The van der Waals surface area contributed by atoms with Crippen LogP contribution in [0.25, 0.3) is 0 Å². The maximum atomic E-state index is 11.9. The molecule has 0 aliphatic heterocycles. The first-order valence-electron chi connectivity index (χ1n) is 6.29. The van der Waals surface area contributed by atoms with Crippen molar-refractivity contribution in [3.8, 4) is 0 Å². The van der Waals surface area contributed by atoms with Crippen LogP contribution in [-0.2, 0) is 14.4 Å². The van der Waals surface area contributed by atoms with Crippen molar-refractivity contribution in [2.24, 2.45) is 11.5 Å². The van der Waals surface area contributed by atoms with Crippen LogP contribution in [0, 0.1) is 0 Å². The summed E-state index contributed by atoms with van der Waals surface area (Å²) in [5, 5.41) is 13.8. The molecule has 8 nitrogen and oxygen atoms in total. The Morgan fingerprint density at radius 1 is 1.10 bits per heavy atom. The van der Waals surface area contributed by atoms with Crippen LogP contribution in [0.1, 0.15) is 19.3 Å². The first-order chi connectivity index (χ1) is 9.46. The van der Waals surface area contributed by atoms with E-state index in [0.29, 0.717) is 19.4 Å². The molecule has 2 atom stereocenters. The number of nitrogens with one attached hydrogen (secondary N) is 2. The highest BCUT2D eigenvalue weighted by atomic mass is 32.1. The number of carboxylic acids is 1. The molecule has 0 unspecified atom stereocenters. The second-order valence-corrected chi connectivity index (χ2v) is 4.56. The summed E-state index contributed by atoms with van der Waals surface area (Å²) >= 11 is 3.95.